The number of carbonyl (C=O) groups is 1. The smallest absolute Gasteiger partial charge is 0.257 e. The van der Waals surface area contributed by atoms with E-state index in [1.165, 1.54) is 0 Å². The highest BCUT2D eigenvalue weighted by Crippen LogP contribution is 2.12. The van der Waals surface area contributed by atoms with Crippen molar-refractivity contribution in [3.63, 3.8) is 0 Å². The number of hydrogen-bond donors (Lipinski definition) is 2. The maximum atomic E-state index is 11.1. The molecule has 0 fully saturated rings. The van der Waals surface area contributed by atoms with E-state index in [-0.39, 0.29) is 19.1 Å². The second kappa shape index (κ2) is 6.85. The van der Waals surface area contributed by atoms with Crippen LogP contribution in [0.4, 0.5) is 0 Å². The summed E-state index contributed by atoms with van der Waals surface area (Å²) in [5.74, 6) is 0.537. The van der Waals surface area contributed by atoms with Gasteiger partial charge in [0.25, 0.3) is 5.91 Å². The molecule has 4 heteroatoms. The standard InChI is InChI=1S/C12H17NO3/c1-2-13-12(15)9-16-11-5-3-10(4-6-11)7-8-14/h3-6,14H,2,7-9H2,1H3,(H,13,15). The highest BCUT2D eigenvalue weighted by atomic mass is 16.5. The molecule has 16 heavy (non-hydrogen) atoms. The van der Waals surface area contributed by atoms with Gasteiger partial charge >= 0.3 is 0 Å². The largest absolute Gasteiger partial charge is 0.484 e. The lowest BCUT2D eigenvalue weighted by atomic mass is 10.1. The lowest BCUT2D eigenvalue weighted by Gasteiger charge is -2.06. The van der Waals surface area contributed by atoms with Gasteiger partial charge in [0.1, 0.15) is 5.75 Å². The number of likely N-dealkylation sites (N-methyl/N-ethyl adjacent to an activating group) is 1. The van der Waals surface area contributed by atoms with Gasteiger partial charge < -0.3 is 15.2 Å². The molecule has 0 unspecified atom stereocenters. The fourth-order valence-corrected chi connectivity index (χ4v) is 1.28. The number of aliphatic hydroxyl groups excluding tert-OH is 1. The van der Waals surface area contributed by atoms with Gasteiger partial charge in [-0.2, -0.15) is 0 Å². The summed E-state index contributed by atoms with van der Waals surface area (Å²) in [7, 11) is 0. The summed E-state index contributed by atoms with van der Waals surface area (Å²) in [6.07, 6.45) is 0.636. The van der Waals surface area contributed by atoms with Crippen LogP contribution in [0.5, 0.6) is 5.75 Å². The Hall–Kier alpha value is -1.55. The molecule has 0 radical (unpaired) electrons. The fourth-order valence-electron chi connectivity index (χ4n) is 1.28. The lowest BCUT2D eigenvalue weighted by molar-refractivity contribution is -0.122. The molecule has 1 aromatic rings. The van der Waals surface area contributed by atoms with Crippen LogP contribution in [0.3, 0.4) is 0 Å². The van der Waals surface area contributed by atoms with Crippen molar-refractivity contribution in [2.75, 3.05) is 19.8 Å². The van der Waals surface area contributed by atoms with Gasteiger partial charge in [0, 0.05) is 13.2 Å². The van der Waals surface area contributed by atoms with Gasteiger partial charge in [0.05, 0.1) is 0 Å². The molecule has 0 aliphatic rings. The first-order chi connectivity index (χ1) is 7.76. The van der Waals surface area contributed by atoms with E-state index >= 15 is 0 Å². The van der Waals surface area contributed by atoms with Crippen LogP contribution in [-0.2, 0) is 11.2 Å². The molecule has 4 nitrogen and oxygen atoms in total. The Bertz CT molecular complexity index is 322. The Labute approximate surface area is 95.2 Å². The molecular formula is C12H17NO3. The van der Waals surface area contributed by atoms with Crippen molar-refractivity contribution in [2.45, 2.75) is 13.3 Å². The first-order valence-electron chi connectivity index (χ1n) is 5.35. The number of hydrogen-bond acceptors (Lipinski definition) is 3. The summed E-state index contributed by atoms with van der Waals surface area (Å²) in [4.78, 5) is 11.1. The number of ether oxygens (including phenoxy) is 1. The average molecular weight is 223 g/mol. The Morgan fingerprint density at radius 1 is 1.38 bits per heavy atom. The highest BCUT2D eigenvalue weighted by Gasteiger charge is 2.00. The highest BCUT2D eigenvalue weighted by molar-refractivity contribution is 5.77. The first-order valence-corrected chi connectivity index (χ1v) is 5.35. The Morgan fingerprint density at radius 3 is 2.62 bits per heavy atom. The topological polar surface area (TPSA) is 58.6 Å². The molecule has 2 N–H and O–H groups in total. The first kappa shape index (κ1) is 12.5. The zero-order valence-corrected chi connectivity index (χ0v) is 9.40. The SMILES string of the molecule is CCNC(=O)COc1ccc(CCO)cc1. The molecule has 1 amide bonds. The number of aliphatic hydroxyl groups is 1. The van der Waals surface area contributed by atoms with Crippen molar-refractivity contribution >= 4 is 5.91 Å². The molecule has 0 aliphatic carbocycles. The van der Waals surface area contributed by atoms with E-state index < -0.39 is 0 Å². The van der Waals surface area contributed by atoms with Crippen LogP contribution < -0.4 is 10.1 Å². The van der Waals surface area contributed by atoms with Crippen molar-refractivity contribution in [1.29, 1.82) is 0 Å². The van der Waals surface area contributed by atoms with E-state index in [1.807, 2.05) is 19.1 Å². The second-order valence-electron chi connectivity index (χ2n) is 3.36. The van der Waals surface area contributed by atoms with E-state index in [0.29, 0.717) is 18.7 Å². The van der Waals surface area contributed by atoms with Gasteiger partial charge in [-0.15, -0.1) is 0 Å². The van der Waals surface area contributed by atoms with E-state index in [4.69, 9.17) is 9.84 Å². The van der Waals surface area contributed by atoms with Crippen LogP contribution in [0.25, 0.3) is 0 Å². The Kier molecular flexibility index (Phi) is 5.36. The number of benzene rings is 1. The Morgan fingerprint density at radius 2 is 2.06 bits per heavy atom. The number of carbonyl (C=O) groups excluding carboxylic acids is 1. The summed E-state index contributed by atoms with van der Waals surface area (Å²) in [6, 6.07) is 7.35. The summed E-state index contributed by atoms with van der Waals surface area (Å²) < 4.78 is 5.28. The summed E-state index contributed by atoms with van der Waals surface area (Å²) in [6.45, 7) is 2.64. The third kappa shape index (κ3) is 4.31. The average Bonchev–Trinajstić information content (AvgIpc) is 2.29. The van der Waals surface area contributed by atoms with Crippen LogP contribution in [0.15, 0.2) is 24.3 Å². The van der Waals surface area contributed by atoms with Crippen molar-refractivity contribution in [3.05, 3.63) is 29.8 Å². The molecule has 0 aliphatic heterocycles. The van der Waals surface area contributed by atoms with Crippen molar-refractivity contribution in [1.82, 2.24) is 5.32 Å². The molecule has 1 aromatic carbocycles. The molecule has 0 spiro atoms. The van der Waals surface area contributed by atoms with Crippen LogP contribution in [0, 0.1) is 0 Å². The normalized spacial score (nSPS) is 9.88. The van der Waals surface area contributed by atoms with Gasteiger partial charge in [-0.05, 0) is 31.0 Å². The van der Waals surface area contributed by atoms with Crippen LogP contribution in [0.2, 0.25) is 0 Å². The van der Waals surface area contributed by atoms with Crippen LogP contribution >= 0.6 is 0 Å². The van der Waals surface area contributed by atoms with Crippen LogP contribution in [0.1, 0.15) is 12.5 Å². The molecular weight excluding hydrogens is 206 g/mol. The van der Waals surface area contributed by atoms with Gasteiger partial charge in [-0.1, -0.05) is 12.1 Å². The number of rotatable bonds is 6. The Balaban J connectivity index is 2.40. The lowest BCUT2D eigenvalue weighted by Crippen LogP contribution is -2.28. The summed E-state index contributed by atoms with van der Waals surface area (Å²) in [5, 5.41) is 11.4. The predicted molar refractivity (Wildman–Crippen MR) is 61.4 cm³/mol. The third-order valence-electron chi connectivity index (χ3n) is 2.07. The van der Waals surface area contributed by atoms with Crippen molar-refractivity contribution in [3.8, 4) is 5.75 Å². The van der Waals surface area contributed by atoms with Gasteiger partial charge in [0.2, 0.25) is 0 Å². The number of amides is 1. The van der Waals surface area contributed by atoms with Crippen LogP contribution in [-0.4, -0.2) is 30.8 Å². The van der Waals surface area contributed by atoms with E-state index in [0.717, 1.165) is 5.56 Å². The summed E-state index contributed by atoms with van der Waals surface area (Å²) >= 11 is 0. The minimum absolute atomic E-state index is 0.0349. The third-order valence-corrected chi connectivity index (χ3v) is 2.07. The quantitative estimate of drug-likeness (QED) is 0.747. The summed E-state index contributed by atoms with van der Waals surface area (Å²) in [5.41, 5.74) is 1.05. The van der Waals surface area contributed by atoms with Crippen molar-refractivity contribution < 1.29 is 14.6 Å². The van der Waals surface area contributed by atoms with Gasteiger partial charge in [-0.25, -0.2) is 0 Å². The monoisotopic (exact) mass is 223 g/mol. The minimum Gasteiger partial charge on any atom is -0.484 e. The van der Waals surface area contributed by atoms with E-state index in [9.17, 15) is 4.79 Å². The van der Waals surface area contributed by atoms with Gasteiger partial charge in [-0.3, -0.25) is 4.79 Å². The maximum Gasteiger partial charge on any atom is 0.257 e. The van der Waals surface area contributed by atoms with E-state index in [1.54, 1.807) is 12.1 Å². The zero-order valence-electron chi connectivity index (χ0n) is 9.40. The molecule has 1 rings (SSSR count). The zero-order chi connectivity index (χ0) is 11.8. The predicted octanol–water partition coefficient (Wildman–Crippen LogP) is 0.736. The molecule has 0 atom stereocenters. The molecule has 0 heterocycles. The number of nitrogens with one attached hydrogen (secondary N) is 1. The molecule has 0 bridgehead atoms. The molecule has 0 saturated carbocycles. The van der Waals surface area contributed by atoms with Gasteiger partial charge in [0.15, 0.2) is 6.61 Å². The van der Waals surface area contributed by atoms with Crippen molar-refractivity contribution in [2.24, 2.45) is 0 Å². The molecule has 0 saturated heterocycles. The molecule has 88 valence electrons. The second-order valence-corrected chi connectivity index (χ2v) is 3.36. The maximum absolute atomic E-state index is 11.1. The molecule has 0 aromatic heterocycles. The fraction of sp³-hybridized carbons (Fsp3) is 0.417. The van der Waals surface area contributed by atoms with E-state index in [2.05, 4.69) is 5.32 Å². The minimum atomic E-state index is -0.123.